The largest absolute Gasteiger partial charge is 0.481 e. The highest BCUT2D eigenvalue weighted by atomic mass is 35.5. The van der Waals surface area contributed by atoms with Crippen LogP contribution in [0.3, 0.4) is 0 Å². The number of halogens is 3. The van der Waals surface area contributed by atoms with Gasteiger partial charge in [-0.3, -0.25) is 4.79 Å². The van der Waals surface area contributed by atoms with Crippen molar-refractivity contribution in [1.29, 1.82) is 0 Å². The Balaban J connectivity index is 0.00000112. The Hall–Kier alpha value is -0.460. The lowest BCUT2D eigenvalue weighted by atomic mass is 9.71. The number of nitrogens with one attached hydrogen (secondary N) is 1. The lowest BCUT2D eigenvalue weighted by Gasteiger charge is -2.48. The van der Waals surface area contributed by atoms with E-state index in [0.29, 0.717) is 0 Å². The average molecular weight is 244 g/mol. The Morgan fingerprint density at radius 2 is 2.20 bits per heavy atom. The second-order valence-corrected chi connectivity index (χ2v) is 3.85. The molecule has 2 aliphatic rings. The number of carboxylic acid groups (broad SMARTS) is 1. The first-order valence-corrected chi connectivity index (χ1v) is 4.40. The molecule has 0 aliphatic carbocycles. The van der Waals surface area contributed by atoms with E-state index in [1.165, 1.54) is 0 Å². The van der Waals surface area contributed by atoms with Crippen molar-refractivity contribution in [3.63, 3.8) is 0 Å². The summed E-state index contributed by atoms with van der Waals surface area (Å²) in [5.74, 6) is -5.69. The maximum atomic E-state index is 13.7. The van der Waals surface area contributed by atoms with Gasteiger partial charge in [-0.15, -0.1) is 12.4 Å². The molecule has 2 heterocycles. The topological polar surface area (TPSA) is 58.6 Å². The van der Waals surface area contributed by atoms with Crippen LogP contribution >= 0.6 is 12.4 Å². The van der Waals surface area contributed by atoms with Crippen molar-refractivity contribution in [2.75, 3.05) is 26.3 Å². The number of carboxylic acids is 1. The summed E-state index contributed by atoms with van der Waals surface area (Å²) < 4.78 is 32.4. The summed E-state index contributed by atoms with van der Waals surface area (Å²) in [4.78, 5) is 10.9. The van der Waals surface area contributed by atoms with E-state index in [0.717, 1.165) is 0 Å². The molecule has 0 aromatic carbocycles. The third kappa shape index (κ3) is 1.51. The summed E-state index contributed by atoms with van der Waals surface area (Å²) in [6.45, 7) is -0.609. The van der Waals surface area contributed by atoms with Crippen molar-refractivity contribution in [2.45, 2.75) is 5.92 Å². The van der Waals surface area contributed by atoms with E-state index < -0.39 is 29.8 Å². The van der Waals surface area contributed by atoms with Gasteiger partial charge in [0, 0.05) is 13.1 Å². The molecule has 2 fully saturated rings. The molecular formula is C8H12ClF2NO3. The van der Waals surface area contributed by atoms with E-state index in [-0.39, 0.29) is 32.1 Å². The first kappa shape index (κ1) is 12.6. The summed E-state index contributed by atoms with van der Waals surface area (Å²) in [5.41, 5.74) is -2.08. The number of rotatable bonds is 1. The van der Waals surface area contributed by atoms with Crippen LogP contribution < -0.4 is 5.32 Å². The number of ether oxygens (including phenoxy) is 1. The minimum absolute atomic E-state index is 0. The van der Waals surface area contributed by atoms with Gasteiger partial charge in [0.15, 0.2) is 5.41 Å². The van der Waals surface area contributed by atoms with Gasteiger partial charge in [0.25, 0.3) is 5.92 Å². The van der Waals surface area contributed by atoms with Gasteiger partial charge in [-0.1, -0.05) is 0 Å². The van der Waals surface area contributed by atoms with Crippen molar-refractivity contribution in [1.82, 2.24) is 5.32 Å². The van der Waals surface area contributed by atoms with Crippen molar-refractivity contribution in [3.8, 4) is 0 Å². The fourth-order valence-corrected chi connectivity index (χ4v) is 2.06. The molecule has 7 heteroatoms. The van der Waals surface area contributed by atoms with Crippen molar-refractivity contribution >= 4 is 18.4 Å². The summed E-state index contributed by atoms with van der Waals surface area (Å²) in [7, 11) is 0. The molecule has 4 nitrogen and oxygen atoms in total. The molecule has 0 spiro atoms. The fraction of sp³-hybridized carbons (Fsp3) is 0.875. The Bertz CT molecular complexity index is 265. The highest BCUT2D eigenvalue weighted by Gasteiger charge is 2.67. The Kier molecular flexibility index (Phi) is 3.23. The molecular weight excluding hydrogens is 232 g/mol. The Morgan fingerprint density at radius 3 is 2.73 bits per heavy atom. The lowest BCUT2D eigenvalue weighted by molar-refractivity contribution is -0.249. The van der Waals surface area contributed by atoms with E-state index in [1.54, 1.807) is 0 Å². The van der Waals surface area contributed by atoms with E-state index in [4.69, 9.17) is 9.84 Å². The highest BCUT2D eigenvalue weighted by molar-refractivity contribution is 5.85. The second-order valence-electron chi connectivity index (χ2n) is 3.85. The third-order valence-electron chi connectivity index (χ3n) is 3.05. The Morgan fingerprint density at radius 1 is 1.53 bits per heavy atom. The molecule has 2 unspecified atom stereocenters. The maximum absolute atomic E-state index is 13.7. The summed E-state index contributed by atoms with van der Waals surface area (Å²) >= 11 is 0. The van der Waals surface area contributed by atoms with E-state index in [9.17, 15) is 13.6 Å². The molecule has 0 saturated carbocycles. The number of alkyl halides is 2. The molecule has 2 aliphatic heterocycles. The lowest BCUT2D eigenvalue weighted by Crippen LogP contribution is -2.68. The zero-order chi connectivity index (χ0) is 10.4. The number of piperidine rings is 1. The molecule has 0 amide bonds. The predicted molar refractivity (Wildman–Crippen MR) is 49.4 cm³/mol. The van der Waals surface area contributed by atoms with Gasteiger partial charge < -0.3 is 15.2 Å². The van der Waals surface area contributed by atoms with Gasteiger partial charge in [0.1, 0.15) is 0 Å². The van der Waals surface area contributed by atoms with Gasteiger partial charge in [0.05, 0.1) is 19.1 Å². The van der Waals surface area contributed by atoms with Gasteiger partial charge in [0.2, 0.25) is 0 Å². The van der Waals surface area contributed by atoms with Crippen LogP contribution in [0.4, 0.5) is 8.78 Å². The molecule has 15 heavy (non-hydrogen) atoms. The van der Waals surface area contributed by atoms with Crippen LogP contribution in [0.25, 0.3) is 0 Å². The standard InChI is InChI=1S/C8H11F2NO3.ClH/c9-8(10)5-1-11-3-7(8,6(12)13)4-14-2-5;/h5,11H,1-4H2,(H,12,13);1H. The monoisotopic (exact) mass is 243 g/mol. The molecule has 2 saturated heterocycles. The van der Waals surface area contributed by atoms with Crippen molar-refractivity contribution < 1.29 is 23.4 Å². The number of fused-ring (bicyclic) bond motifs is 2. The van der Waals surface area contributed by atoms with Gasteiger partial charge >= 0.3 is 5.97 Å². The molecule has 2 rings (SSSR count). The molecule has 2 bridgehead atoms. The molecule has 0 aromatic rings. The van der Waals surface area contributed by atoms with E-state index in [2.05, 4.69) is 5.32 Å². The highest BCUT2D eigenvalue weighted by Crippen LogP contribution is 2.47. The maximum Gasteiger partial charge on any atom is 0.319 e. The summed E-state index contributed by atoms with van der Waals surface area (Å²) in [6, 6.07) is 0. The van der Waals surface area contributed by atoms with Crippen LogP contribution in [0, 0.1) is 11.3 Å². The summed E-state index contributed by atoms with van der Waals surface area (Å²) in [6.07, 6.45) is 0. The van der Waals surface area contributed by atoms with Crippen LogP contribution in [-0.4, -0.2) is 43.3 Å². The molecule has 88 valence electrons. The van der Waals surface area contributed by atoms with Crippen molar-refractivity contribution in [2.24, 2.45) is 11.3 Å². The minimum Gasteiger partial charge on any atom is -0.481 e. The molecule has 2 atom stereocenters. The quantitative estimate of drug-likeness (QED) is 0.698. The normalized spacial score (nSPS) is 37.9. The van der Waals surface area contributed by atoms with E-state index in [1.807, 2.05) is 0 Å². The Labute approximate surface area is 91.4 Å². The molecule has 2 N–H and O–H groups in total. The molecule has 0 radical (unpaired) electrons. The minimum atomic E-state index is -3.18. The molecule has 0 aromatic heterocycles. The van der Waals surface area contributed by atoms with Gasteiger partial charge in [-0.2, -0.15) is 0 Å². The van der Waals surface area contributed by atoms with Crippen molar-refractivity contribution in [3.05, 3.63) is 0 Å². The van der Waals surface area contributed by atoms with Crippen LogP contribution in [0.1, 0.15) is 0 Å². The fourth-order valence-electron chi connectivity index (χ4n) is 2.06. The smallest absolute Gasteiger partial charge is 0.319 e. The number of hydrogen-bond acceptors (Lipinski definition) is 3. The van der Waals surface area contributed by atoms with Crippen LogP contribution in [0.15, 0.2) is 0 Å². The van der Waals surface area contributed by atoms with E-state index >= 15 is 0 Å². The number of carbonyl (C=O) groups is 1. The van der Waals surface area contributed by atoms with Gasteiger partial charge in [-0.05, 0) is 0 Å². The SMILES string of the molecule is Cl.O=C(O)C12CNCC(COC1)C2(F)F. The summed E-state index contributed by atoms with van der Waals surface area (Å²) in [5, 5.41) is 11.6. The predicted octanol–water partition coefficient (Wildman–Crippen LogP) is 0.364. The van der Waals surface area contributed by atoms with Crippen LogP contribution in [0.5, 0.6) is 0 Å². The first-order chi connectivity index (χ1) is 6.51. The average Bonchev–Trinajstić information content (AvgIpc) is 2.00. The zero-order valence-electron chi connectivity index (χ0n) is 7.83. The van der Waals surface area contributed by atoms with Crippen LogP contribution in [-0.2, 0) is 9.53 Å². The number of aliphatic carboxylic acids is 1. The second kappa shape index (κ2) is 3.84. The zero-order valence-corrected chi connectivity index (χ0v) is 8.65. The number of hydrogen-bond donors (Lipinski definition) is 2. The first-order valence-electron chi connectivity index (χ1n) is 4.40. The third-order valence-corrected chi connectivity index (χ3v) is 3.05. The van der Waals surface area contributed by atoms with Crippen LogP contribution in [0.2, 0.25) is 0 Å². The van der Waals surface area contributed by atoms with Gasteiger partial charge in [-0.25, -0.2) is 8.78 Å².